The Hall–Kier alpha value is -0.890. The lowest BCUT2D eigenvalue weighted by Crippen LogP contribution is -2.31. The summed E-state index contributed by atoms with van der Waals surface area (Å²) in [6.07, 6.45) is -4.50. The molecule has 1 aromatic rings. The SMILES string of the molecule is CCOCC(Nc1nc(C(F)(F)F)ns1)C(C)C. The summed E-state index contributed by atoms with van der Waals surface area (Å²) in [5.74, 6) is -0.885. The molecule has 0 spiro atoms. The number of alkyl halides is 3. The van der Waals surface area contributed by atoms with Crippen molar-refractivity contribution in [3.8, 4) is 0 Å². The third-order valence-corrected chi connectivity index (χ3v) is 2.94. The van der Waals surface area contributed by atoms with E-state index in [-0.39, 0.29) is 17.1 Å². The Morgan fingerprint density at radius 1 is 1.39 bits per heavy atom. The smallest absolute Gasteiger partial charge is 0.380 e. The monoisotopic (exact) mass is 283 g/mol. The molecular formula is C10H16F3N3OS. The van der Waals surface area contributed by atoms with Crippen molar-refractivity contribution in [2.24, 2.45) is 5.92 Å². The molecule has 104 valence electrons. The van der Waals surface area contributed by atoms with E-state index in [1.807, 2.05) is 20.8 Å². The van der Waals surface area contributed by atoms with Gasteiger partial charge in [0.15, 0.2) is 0 Å². The Labute approximate surface area is 108 Å². The first kappa shape index (κ1) is 15.2. The number of ether oxygens (including phenoxy) is 1. The molecule has 18 heavy (non-hydrogen) atoms. The number of nitrogens with zero attached hydrogens (tertiary/aromatic N) is 2. The van der Waals surface area contributed by atoms with E-state index in [0.717, 1.165) is 0 Å². The molecule has 8 heteroatoms. The van der Waals surface area contributed by atoms with Crippen molar-refractivity contribution in [2.45, 2.75) is 33.0 Å². The van der Waals surface area contributed by atoms with Gasteiger partial charge in [-0.2, -0.15) is 22.5 Å². The van der Waals surface area contributed by atoms with E-state index in [4.69, 9.17) is 4.74 Å². The van der Waals surface area contributed by atoms with Gasteiger partial charge in [-0.15, -0.1) is 0 Å². The average Bonchev–Trinajstić information content (AvgIpc) is 2.71. The summed E-state index contributed by atoms with van der Waals surface area (Å²) >= 11 is 0.708. The number of rotatable bonds is 6. The fraction of sp³-hybridized carbons (Fsp3) is 0.800. The van der Waals surface area contributed by atoms with Crippen LogP contribution in [0.15, 0.2) is 0 Å². The summed E-state index contributed by atoms with van der Waals surface area (Å²) in [6, 6.07) is -0.0843. The molecule has 0 saturated heterocycles. The molecule has 4 nitrogen and oxygen atoms in total. The van der Waals surface area contributed by atoms with Gasteiger partial charge in [-0.3, -0.25) is 0 Å². The molecule has 0 radical (unpaired) electrons. The molecule has 1 unspecified atom stereocenters. The minimum Gasteiger partial charge on any atom is -0.380 e. The Morgan fingerprint density at radius 3 is 2.50 bits per heavy atom. The first-order chi connectivity index (χ1) is 8.34. The molecule has 0 amide bonds. The van der Waals surface area contributed by atoms with E-state index < -0.39 is 12.0 Å². The highest BCUT2D eigenvalue weighted by Gasteiger charge is 2.36. The highest BCUT2D eigenvalue weighted by molar-refractivity contribution is 7.09. The Bertz CT molecular complexity index is 367. The normalized spacial score (nSPS) is 13.9. The van der Waals surface area contributed by atoms with Gasteiger partial charge in [0.25, 0.3) is 0 Å². The topological polar surface area (TPSA) is 47.0 Å². The number of nitrogens with one attached hydrogen (secondary N) is 1. The van der Waals surface area contributed by atoms with Crippen molar-refractivity contribution < 1.29 is 17.9 Å². The van der Waals surface area contributed by atoms with E-state index in [0.29, 0.717) is 24.7 Å². The summed E-state index contributed by atoms with van der Waals surface area (Å²) in [7, 11) is 0. The standard InChI is InChI=1S/C10H16F3N3OS/c1-4-17-5-7(6(2)3)14-9-15-8(16-18-9)10(11,12)13/h6-7H,4-5H2,1-3H3,(H,14,15,16). The summed E-state index contributed by atoms with van der Waals surface area (Å²) in [4.78, 5) is 3.43. The van der Waals surface area contributed by atoms with Crippen LogP contribution in [0.2, 0.25) is 0 Å². The Balaban J connectivity index is 2.66. The third-order valence-electron chi connectivity index (χ3n) is 2.29. The zero-order valence-electron chi connectivity index (χ0n) is 10.4. The molecule has 0 saturated carbocycles. The second-order valence-electron chi connectivity index (χ2n) is 4.08. The van der Waals surface area contributed by atoms with Crippen LogP contribution >= 0.6 is 11.5 Å². The number of hydrogen-bond donors (Lipinski definition) is 1. The Kier molecular flexibility index (Phi) is 5.33. The van der Waals surface area contributed by atoms with Crippen molar-refractivity contribution >= 4 is 16.7 Å². The first-order valence-corrected chi connectivity index (χ1v) is 6.37. The maximum atomic E-state index is 12.3. The van der Waals surface area contributed by atoms with E-state index in [1.165, 1.54) is 0 Å². The molecule has 0 aromatic carbocycles. The fourth-order valence-corrected chi connectivity index (χ4v) is 1.85. The number of aromatic nitrogens is 2. The quantitative estimate of drug-likeness (QED) is 0.871. The highest BCUT2D eigenvalue weighted by atomic mass is 32.1. The highest BCUT2D eigenvalue weighted by Crippen LogP contribution is 2.29. The lowest BCUT2D eigenvalue weighted by atomic mass is 10.1. The van der Waals surface area contributed by atoms with Crippen LogP contribution in [0.4, 0.5) is 18.3 Å². The molecule has 0 fully saturated rings. The minimum atomic E-state index is -4.50. The molecule has 1 aromatic heterocycles. The molecule has 1 heterocycles. The van der Waals surface area contributed by atoms with E-state index >= 15 is 0 Å². The lowest BCUT2D eigenvalue weighted by Gasteiger charge is -2.21. The molecule has 0 bridgehead atoms. The minimum absolute atomic E-state index is 0.0843. The number of hydrogen-bond acceptors (Lipinski definition) is 5. The van der Waals surface area contributed by atoms with E-state index in [1.54, 1.807) is 0 Å². The molecule has 1 atom stereocenters. The van der Waals surface area contributed by atoms with Gasteiger partial charge in [-0.05, 0) is 12.8 Å². The third kappa shape index (κ3) is 4.41. The summed E-state index contributed by atoms with van der Waals surface area (Å²) < 4.78 is 45.5. The molecule has 0 aliphatic carbocycles. The van der Waals surface area contributed by atoms with Gasteiger partial charge in [0.1, 0.15) is 0 Å². The number of halogens is 3. The van der Waals surface area contributed by atoms with Gasteiger partial charge in [-0.25, -0.2) is 0 Å². The van der Waals surface area contributed by atoms with Gasteiger partial charge >= 0.3 is 6.18 Å². The number of anilines is 1. The molecular weight excluding hydrogens is 267 g/mol. The van der Waals surface area contributed by atoms with Crippen molar-refractivity contribution in [1.29, 1.82) is 0 Å². The molecule has 1 N–H and O–H groups in total. The molecule has 0 aliphatic rings. The van der Waals surface area contributed by atoms with E-state index in [9.17, 15) is 13.2 Å². The maximum absolute atomic E-state index is 12.3. The van der Waals surface area contributed by atoms with E-state index in [2.05, 4.69) is 14.7 Å². The molecule has 1 rings (SSSR count). The second-order valence-corrected chi connectivity index (χ2v) is 4.83. The largest absolute Gasteiger partial charge is 0.452 e. The van der Waals surface area contributed by atoms with Crippen LogP contribution in [0, 0.1) is 5.92 Å². The zero-order chi connectivity index (χ0) is 13.8. The predicted molar refractivity (Wildman–Crippen MR) is 63.7 cm³/mol. The van der Waals surface area contributed by atoms with Crippen LogP contribution in [-0.2, 0) is 10.9 Å². The van der Waals surface area contributed by atoms with Crippen LogP contribution in [0.3, 0.4) is 0 Å². The van der Waals surface area contributed by atoms with Crippen LogP contribution in [0.25, 0.3) is 0 Å². The summed E-state index contributed by atoms with van der Waals surface area (Å²) in [6.45, 7) is 6.78. The van der Waals surface area contributed by atoms with Crippen molar-refractivity contribution in [1.82, 2.24) is 9.36 Å². The van der Waals surface area contributed by atoms with Gasteiger partial charge in [0.05, 0.1) is 12.6 Å². The van der Waals surface area contributed by atoms with Crippen molar-refractivity contribution in [3.05, 3.63) is 5.82 Å². The lowest BCUT2D eigenvalue weighted by molar-refractivity contribution is -0.144. The van der Waals surface area contributed by atoms with Crippen LogP contribution in [-0.4, -0.2) is 28.6 Å². The maximum Gasteiger partial charge on any atom is 0.452 e. The van der Waals surface area contributed by atoms with Crippen molar-refractivity contribution in [3.63, 3.8) is 0 Å². The zero-order valence-corrected chi connectivity index (χ0v) is 11.2. The van der Waals surface area contributed by atoms with Crippen molar-refractivity contribution in [2.75, 3.05) is 18.5 Å². The summed E-state index contributed by atoms with van der Waals surface area (Å²) in [5.41, 5.74) is 0. The van der Waals surface area contributed by atoms with Gasteiger partial charge < -0.3 is 10.1 Å². The Morgan fingerprint density at radius 2 is 2.06 bits per heavy atom. The fourth-order valence-electron chi connectivity index (χ4n) is 1.20. The summed E-state index contributed by atoms with van der Waals surface area (Å²) in [5, 5.41) is 3.09. The van der Waals surface area contributed by atoms with Crippen LogP contribution in [0.1, 0.15) is 26.6 Å². The second kappa shape index (κ2) is 6.33. The van der Waals surface area contributed by atoms with Gasteiger partial charge in [0.2, 0.25) is 11.0 Å². The van der Waals surface area contributed by atoms with Crippen LogP contribution < -0.4 is 5.32 Å². The van der Waals surface area contributed by atoms with Crippen LogP contribution in [0.5, 0.6) is 0 Å². The van der Waals surface area contributed by atoms with Gasteiger partial charge in [-0.1, -0.05) is 13.8 Å². The first-order valence-electron chi connectivity index (χ1n) is 5.59. The van der Waals surface area contributed by atoms with Gasteiger partial charge in [0, 0.05) is 18.1 Å². The molecule has 0 aliphatic heterocycles. The average molecular weight is 283 g/mol. The predicted octanol–water partition coefficient (Wildman–Crippen LogP) is 3.03.